The number of nitrogens with one attached hydrogen (secondary N) is 1. The van der Waals surface area contributed by atoms with Crippen LogP contribution < -0.4 is 5.32 Å². The number of benzene rings is 4. The van der Waals surface area contributed by atoms with Crippen LogP contribution in [0.3, 0.4) is 0 Å². The molecule has 0 spiro atoms. The zero-order valence-electron chi connectivity index (χ0n) is 16.8. The molecule has 0 saturated carbocycles. The maximum absolute atomic E-state index is 12.5. The third-order valence-corrected chi connectivity index (χ3v) is 5.27. The molecule has 30 heavy (non-hydrogen) atoms. The fraction of sp³-hybridized carbons (Fsp3) is 0.0741. The molecule has 0 aliphatic carbocycles. The van der Waals surface area contributed by atoms with Gasteiger partial charge in [-0.25, -0.2) is 4.79 Å². The van der Waals surface area contributed by atoms with E-state index >= 15 is 0 Å². The first-order valence-corrected chi connectivity index (χ1v) is 9.88. The average molecular weight is 393 g/mol. The number of hydrogen-bond acceptors (Lipinski definition) is 3. The van der Waals surface area contributed by atoms with Crippen LogP contribution in [-0.2, 0) is 10.3 Å². The summed E-state index contributed by atoms with van der Waals surface area (Å²) in [4.78, 5) is 12.5. The largest absolute Gasteiger partial charge is 0.465 e. The van der Waals surface area contributed by atoms with Crippen LogP contribution in [0.1, 0.15) is 27.0 Å². The molecule has 0 unspecified atom stereocenters. The minimum Gasteiger partial charge on any atom is -0.465 e. The minimum absolute atomic E-state index is 0.374. The molecule has 0 aliphatic rings. The van der Waals surface area contributed by atoms with Gasteiger partial charge in [0.25, 0.3) is 0 Å². The molecular formula is C27H23NO2. The van der Waals surface area contributed by atoms with Gasteiger partial charge >= 0.3 is 5.97 Å². The number of hydrogen-bond donors (Lipinski definition) is 1. The second-order valence-electron chi connectivity index (χ2n) is 7.01. The van der Waals surface area contributed by atoms with Crippen molar-refractivity contribution < 1.29 is 9.53 Å². The number of ether oxygens (including phenoxy) is 1. The van der Waals surface area contributed by atoms with Crippen LogP contribution in [0.2, 0.25) is 0 Å². The summed E-state index contributed by atoms with van der Waals surface area (Å²) in [7, 11) is 1.40. The van der Waals surface area contributed by atoms with Crippen LogP contribution in [0, 0.1) is 0 Å². The second kappa shape index (κ2) is 8.66. The fourth-order valence-corrected chi connectivity index (χ4v) is 3.86. The lowest BCUT2D eigenvalue weighted by Crippen LogP contribution is -2.38. The summed E-state index contributed by atoms with van der Waals surface area (Å²) in [5.41, 5.74) is 3.72. The summed E-state index contributed by atoms with van der Waals surface area (Å²) in [6, 6.07) is 38.3. The Morgan fingerprint density at radius 1 is 0.633 bits per heavy atom. The number of carbonyl (C=O) groups is 1. The molecule has 3 heteroatoms. The zero-order chi connectivity index (χ0) is 20.8. The van der Waals surface area contributed by atoms with Crippen molar-refractivity contribution in [2.45, 2.75) is 5.54 Å². The Labute approximate surface area is 177 Å². The first-order chi connectivity index (χ1) is 14.8. The highest BCUT2D eigenvalue weighted by Crippen LogP contribution is 2.40. The molecule has 0 atom stereocenters. The topological polar surface area (TPSA) is 38.3 Å². The number of esters is 1. The van der Waals surface area contributed by atoms with E-state index in [4.69, 9.17) is 4.74 Å². The molecule has 0 aromatic heterocycles. The van der Waals surface area contributed by atoms with Crippen molar-refractivity contribution in [2.24, 2.45) is 0 Å². The second-order valence-corrected chi connectivity index (χ2v) is 7.01. The number of carbonyl (C=O) groups excluding carboxylic acids is 1. The van der Waals surface area contributed by atoms with E-state index in [1.165, 1.54) is 7.11 Å². The van der Waals surface area contributed by atoms with E-state index in [-0.39, 0.29) is 5.97 Å². The van der Waals surface area contributed by atoms with Crippen molar-refractivity contribution in [3.8, 4) is 0 Å². The van der Waals surface area contributed by atoms with Crippen LogP contribution in [-0.4, -0.2) is 13.1 Å². The first-order valence-electron chi connectivity index (χ1n) is 9.88. The van der Waals surface area contributed by atoms with Crippen molar-refractivity contribution in [1.29, 1.82) is 0 Å². The van der Waals surface area contributed by atoms with Crippen LogP contribution in [0.15, 0.2) is 115 Å². The standard InChI is InChI=1S/C27H23NO2/c1-30-26(29)24-19-11-12-20-25(24)28-27(21-13-5-2-6-14-21,22-15-7-3-8-16-22)23-17-9-4-10-18-23/h2-20,28H,1H3. The van der Waals surface area contributed by atoms with Gasteiger partial charge < -0.3 is 10.1 Å². The highest BCUT2D eigenvalue weighted by molar-refractivity contribution is 5.96. The van der Waals surface area contributed by atoms with Gasteiger partial charge in [-0.05, 0) is 28.8 Å². The third-order valence-electron chi connectivity index (χ3n) is 5.27. The molecule has 0 amide bonds. The average Bonchev–Trinajstić information content (AvgIpc) is 2.84. The van der Waals surface area contributed by atoms with Crippen LogP contribution in [0.25, 0.3) is 0 Å². The summed E-state index contributed by atoms with van der Waals surface area (Å²) in [5.74, 6) is -0.374. The predicted octanol–water partition coefficient (Wildman–Crippen LogP) is 5.88. The van der Waals surface area contributed by atoms with E-state index in [0.29, 0.717) is 11.3 Å². The molecule has 4 aromatic carbocycles. The van der Waals surface area contributed by atoms with Gasteiger partial charge in [-0.15, -0.1) is 0 Å². The molecule has 4 aromatic rings. The Bertz CT molecular complexity index is 1010. The number of anilines is 1. The lowest BCUT2D eigenvalue weighted by atomic mass is 9.76. The molecule has 0 heterocycles. The quantitative estimate of drug-likeness (QED) is 0.328. The Kier molecular flexibility index (Phi) is 5.62. The molecule has 0 aliphatic heterocycles. The highest BCUT2D eigenvalue weighted by atomic mass is 16.5. The summed E-state index contributed by atoms with van der Waals surface area (Å²) < 4.78 is 5.03. The Hall–Kier alpha value is -3.85. The maximum atomic E-state index is 12.5. The molecule has 0 radical (unpaired) electrons. The minimum atomic E-state index is -0.700. The summed E-state index contributed by atoms with van der Waals surface area (Å²) >= 11 is 0. The van der Waals surface area contributed by atoms with Crippen molar-refractivity contribution >= 4 is 11.7 Å². The Balaban J connectivity index is 2.01. The molecule has 4 rings (SSSR count). The molecule has 0 fully saturated rings. The van der Waals surface area contributed by atoms with E-state index in [2.05, 4.69) is 41.7 Å². The summed E-state index contributed by atoms with van der Waals surface area (Å²) in [5, 5.41) is 3.72. The fourth-order valence-electron chi connectivity index (χ4n) is 3.86. The normalized spacial score (nSPS) is 11.0. The van der Waals surface area contributed by atoms with Crippen molar-refractivity contribution in [3.05, 3.63) is 138 Å². The van der Waals surface area contributed by atoms with Crippen molar-refractivity contribution in [3.63, 3.8) is 0 Å². The van der Waals surface area contributed by atoms with Crippen LogP contribution >= 0.6 is 0 Å². The predicted molar refractivity (Wildman–Crippen MR) is 121 cm³/mol. The smallest absolute Gasteiger partial charge is 0.339 e. The molecular weight excluding hydrogens is 370 g/mol. The monoisotopic (exact) mass is 393 g/mol. The zero-order valence-corrected chi connectivity index (χ0v) is 16.8. The van der Waals surface area contributed by atoms with E-state index in [9.17, 15) is 4.79 Å². The van der Waals surface area contributed by atoms with Gasteiger partial charge in [0.1, 0.15) is 5.54 Å². The van der Waals surface area contributed by atoms with Gasteiger partial charge in [-0.2, -0.15) is 0 Å². The lowest BCUT2D eigenvalue weighted by Gasteiger charge is -2.38. The van der Waals surface area contributed by atoms with Crippen LogP contribution in [0.4, 0.5) is 5.69 Å². The van der Waals surface area contributed by atoms with Gasteiger partial charge in [0.05, 0.1) is 12.7 Å². The first kappa shape index (κ1) is 19.5. The highest BCUT2D eigenvalue weighted by Gasteiger charge is 2.37. The maximum Gasteiger partial charge on any atom is 0.339 e. The van der Waals surface area contributed by atoms with E-state index < -0.39 is 5.54 Å². The van der Waals surface area contributed by atoms with E-state index in [0.717, 1.165) is 16.7 Å². The molecule has 0 saturated heterocycles. The van der Waals surface area contributed by atoms with Gasteiger partial charge in [0, 0.05) is 5.69 Å². The van der Waals surface area contributed by atoms with Gasteiger partial charge in [-0.3, -0.25) is 0 Å². The molecule has 0 bridgehead atoms. The van der Waals surface area contributed by atoms with Crippen molar-refractivity contribution in [2.75, 3.05) is 12.4 Å². The third kappa shape index (κ3) is 3.58. The van der Waals surface area contributed by atoms with Crippen LogP contribution in [0.5, 0.6) is 0 Å². The van der Waals surface area contributed by atoms with Crippen molar-refractivity contribution in [1.82, 2.24) is 0 Å². The van der Waals surface area contributed by atoms with Gasteiger partial charge in [0.15, 0.2) is 0 Å². The lowest BCUT2D eigenvalue weighted by molar-refractivity contribution is 0.0601. The Morgan fingerprint density at radius 3 is 1.47 bits per heavy atom. The summed E-state index contributed by atoms with van der Waals surface area (Å²) in [6.45, 7) is 0. The Morgan fingerprint density at radius 2 is 1.03 bits per heavy atom. The number of methoxy groups -OCH3 is 1. The summed E-state index contributed by atoms with van der Waals surface area (Å²) in [6.07, 6.45) is 0. The van der Waals surface area contributed by atoms with E-state index in [1.807, 2.05) is 72.8 Å². The molecule has 148 valence electrons. The number of rotatable bonds is 6. The molecule has 1 N–H and O–H groups in total. The van der Waals surface area contributed by atoms with E-state index in [1.54, 1.807) is 6.07 Å². The SMILES string of the molecule is COC(=O)c1ccccc1NC(c1ccccc1)(c1ccccc1)c1ccccc1. The van der Waals surface area contributed by atoms with Gasteiger partial charge in [0.2, 0.25) is 0 Å². The number of para-hydroxylation sites is 1. The molecule has 3 nitrogen and oxygen atoms in total. The van der Waals surface area contributed by atoms with Gasteiger partial charge in [-0.1, -0.05) is 103 Å².